The smallest absolute Gasteiger partial charge is 0.353 e. The largest absolute Gasteiger partial charge is 0.385 e. The number of nitrogens with zero attached hydrogens (tertiary/aromatic N) is 2. The minimum Gasteiger partial charge on any atom is -0.385 e. The van der Waals surface area contributed by atoms with Gasteiger partial charge in [-0.15, -0.1) is 0 Å². The Balaban J connectivity index is 2.62. The molecule has 0 radical (unpaired) electrons. The maximum absolute atomic E-state index is 13.3. The van der Waals surface area contributed by atoms with Gasteiger partial charge in [-0.25, -0.2) is 18.7 Å². The summed E-state index contributed by atoms with van der Waals surface area (Å²) in [5, 5.41) is 0. The van der Waals surface area contributed by atoms with Crippen LogP contribution in [0.3, 0.4) is 0 Å². The first kappa shape index (κ1) is 8.93. The molecule has 5 heteroatoms. The summed E-state index contributed by atoms with van der Waals surface area (Å²) in [4.78, 5) is 14.9. The van der Waals surface area contributed by atoms with Crippen molar-refractivity contribution in [2.75, 3.05) is 5.73 Å². The molecule has 74 valence electrons. The second-order valence-electron chi connectivity index (χ2n) is 3.19. The van der Waals surface area contributed by atoms with Crippen LogP contribution in [0.15, 0.2) is 22.9 Å². The first-order valence-electron chi connectivity index (χ1n) is 4.41. The van der Waals surface area contributed by atoms with Crippen LogP contribution in [0.25, 0.3) is 5.70 Å². The van der Waals surface area contributed by atoms with Crippen molar-refractivity contribution in [1.82, 2.24) is 9.55 Å². The van der Waals surface area contributed by atoms with E-state index in [9.17, 15) is 9.18 Å². The maximum atomic E-state index is 13.3. The van der Waals surface area contributed by atoms with Gasteiger partial charge < -0.3 is 5.73 Å². The van der Waals surface area contributed by atoms with Gasteiger partial charge in [0.05, 0.1) is 5.70 Å². The fraction of sp³-hybridized carbons (Fsp3) is 0.333. The van der Waals surface area contributed by atoms with Crippen LogP contribution in [-0.2, 0) is 0 Å². The highest BCUT2D eigenvalue weighted by Gasteiger charge is 2.18. The molecule has 0 saturated carbocycles. The normalized spacial score (nSPS) is 16.4. The molecule has 0 spiro atoms. The molecule has 1 aliphatic carbocycles. The van der Waals surface area contributed by atoms with E-state index in [2.05, 4.69) is 4.98 Å². The quantitative estimate of drug-likeness (QED) is 0.731. The molecule has 2 rings (SSSR count). The van der Waals surface area contributed by atoms with E-state index in [-0.39, 0.29) is 11.6 Å². The van der Waals surface area contributed by atoms with Crippen LogP contribution in [0.5, 0.6) is 0 Å². The molecule has 1 aromatic heterocycles. The molecule has 4 nitrogen and oxygen atoms in total. The number of halogens is 1. The van der Waals surface area contributed by atoms with Gasteiger partial charge in [-0.2, -0.15) is 0 Å². The summed E-state index contributed by atoms with van der Waals surface area (Å²) in [6, 6.07) is 1.49. The Bertz CT molecular complexity index is 450. The molecule has 1 aliphatic rings. The lowest BCUT2D eigenvalue weighted by molar-refractivity contribution is 0.603. The summed E-state index contributed by atoms with van der Waals surface area (Å²) in [6.45, 7) is 0. The highest BCUT2D eigenvalue weighted by molar-refractivity contribution is 5.55. The van der Waals surface area contributed by atoms with E-state index in [0.29, 0.717) is 18.5 Å². The third-order valence-electron chi connectivity index (χ3n) is 2.27. The van der Waals surface area contributed by atoms with Crippen LogP contribution < -0.4 is 11.4 Å². The van der Waals surface area contributed by atoms with Gasteiger partial charge in [0.15, 0.2) is 0 Å². The van der Waals surface area contributed by atoms with Crippen LogP contribution in [0.4, 0.5) is 10.2 Å². The Labute approximate surface area is 79.9 Å². The van der Waals surface area contributed by atoms with Crippen molar-refractivity contribution < 1.29 is 4.39 Å². The lowest BCUT2D eigenvalue weighted by atomic mass is 10.3. The first-order valence-corrected chi connectivity index (χ1v) is 4.41. The maximum Gasteiger partial charge on any atom is 0.353 e. The van der Waals surface area contributed by atoms with E-state index < -0.39 is 5.69 Å². The molecule has 0 atom stereocenters. The van der Waals surface area contributed by atoms with E-state index in [1.165, 1.54) is 12.3 Å². The summed E-state index contributed by atoms with van der Waals surface area (Å²) >= 11 is 0. The lowest BCUT2D eigenvalue weighted by Crippen LogP contribution is -2.23. The number of aromatic nitrogens is 2. The number of hydrogen-bond donors (Lipinski definition) is 1. The Hall–Kier alpha value is -1.65. The monoisotopic (exact) mass is 195 g/mol. The van der Waals surface area contributed by atoms with Gasteiger partial charge >= 0.3 is 5.69 Å². The molecular formula is C9H10FN3O. The molecule has 0 fully saturated rings. The Morgan fingerprint density at radius 1 is 1.50 bits per heavy atom. The molecule has 0 saturated heterocycles. The predicted molar refractivity (Wildman–Crippen MR) is 51.1 cm³/mol. The second-order valence-corrected chi connectivity index (χ2v) is 3.19. The summed E-state index contributed by atoms with van der Waals surface area (Å²) in [7, 11) is 0. The molecule has 0 aliphatic heterocycles. The van der Waals surface area contributed by atoms with Gasteiger partial charge in [0, 0.05) is 12.6 Å². The van der Waals surface area contributed by atoms with Crippen molar-refractivity contribution in [2.24, 2.45) is 0 Å². The summed E-state index contributed by atoms with van der Waals surface area (Å²) in [5.41, 5.74) is 5.43. The molecule has 14 heavy (non-hydrogen) atoms. The molecule has 2 N–H and O–H groups in total. The summed E-state index contributed by atoms with van der Waals surface area (Å²) < 4.78 is 14.4. The number of nitrogens with two attached hydrogens (primary N) is 1. The Morgan fingerprint density at radius 3 is 2.86 bits per heavy atom. The standard InChI is InChI=1S/C9H10FN3O/c10-6-2-1-3-7(6)13-8(11)4-5-12-9(13)14/h4-5H,1-3,11H2. The van der Waals surface area contributed by atoms with Crippen LogP contribution >= 0.6 is 0 Å². The Morgan fingerprint density at radius 2 is 2.29 bits per heavy atom. The highest BCUT2D eigenvalue weighted by Crippen LogP contribution is 2.30. The van der Waals surface area contributed by atoms with Crippen LogP contribution in [0.1, 0.15) is 19.3 Å². The number of allylic oxidation sites excluding steroid dienone is 2. The van der Waals surface area contributed by atoms with Crippen LogP contribution in [0.2, 0.25) is 0 Å². The lowest BCUT2D eigenvalue weighted by Gasteiger charge is -2.08. The molecule has 0 unspecified atom stereocenters. The second kappa shape index (κ2) is 3.25. The van der Waals surface area contributed by atoms with Gasteiger partial charge in [0.25, 0.3) is 0 Å². The minimum atomic E-state index is -0.517. The van der Waals surface area contributed by atoms with E-state index >= 15 is 0 Å². The van der Waals surface area contributed by atoms with Gasteiger partial charge in [0.1, 0.15) is 11.6 Å². The van der Waals surface area contributed by atoms with E-state index in [0.717, 1.165) is 11.0 Å². The molecule has 0 amide bonds. The molecule has 1 aromatic rings. The van der Waals surface area contributed by atoms with E-state index in [1.54, 1.807) is 0 Å². The van der Waals surface area contributed by atoms with Crippen LogP contribution in [0, 0.1) is 0 Å². The fourth-order valence-corrected chi connectivity index (χ4v) is 1.62. The third-order valence-corrected chi connectivity index (χ3v) is 2.27. The highest BCUT2D eigenvalue weighted by atomic mass is 19.1. The summed E-state index contributed by atoms with van der Waals surface area (Å²) in [6.07, 6.45) is 2.97. The van der Waals surface area contributed by atoms with E-state index in [4.69, 9.17) is 5.73 Å². The van der Waals surface area contributed by atoms with Crippen molar-refractivity contribution in [3.05, 3.63) is 28.6 Å². The van der Waals surface area contributed by atoms with Gasteiger partial charge in [-0.3, -0.25) is 0 Å². The van der Waals surface area contributed by atoms with Crippen molar-refractivity contribution in [3.63, 3.8) is 0 Å². The predicted octanol–water partition coefficient (Wildman–Crippen LogP) is 1.15. The van der Waals surface area contributed by atoms with E-state index in [1.807, 2.05) is 0 Å². The number of hydrogen-bond acceptors (Lipinski definition) is 3. The SMILES string of the molecule is Nc1ccnc(=O)n1C1=C(F)CCC1. The number of rotatable bonds is 1. The van der Waals surface area contributed by atoms with Crippen molar-refractivity contribution in [2.45, 2.75) is 19.3 Å². The zero-order valence-corrected chi connectivity index (χ0v) is 7.53. The Kier molecular flexibility index (Phi) is 2.07. The summed E-state index contributed by atoms with van der Waals surface area (Å²) in [5.74, 6) is -0.0242. The van der Waals surface area contributed by atoms with Crippen molar-refractivity contribution in [1.29, 1.82) is 0 Å². The zero-order valence-electron chi connectivity index (χ0n) is 7.53. The minimum absolute atomic E-state index is 0.233. The topological polar surface area (TPSA) is 60.9 Å². The van der Waals surface area contributed by atoms with Crippen molar-refractivity contribution in [3.8, 4) is 0 Å². The first-order chi connectivity index (χ1) is 6.70. The fourth-order valence-electron chi connectivity index (χ4n) is 1.62. The molecule has 0 aromatic carbocycles. The molecular weight excluding hydrogens is 185 g/mol. The number of nitrogen functional groups attached to an aromatic ring is 1. The van der Waals surface area contributed by atoms with Gasteiger partial charge in [0.2, 0.25) is 0 Å². The average Bonchev–Trinajstić information content (AvgIpc) is 2.52. The third kappa shape index (κ3) is 1.30. The molecule has 1 heterocycles. The average molecular weight is 195 g/mol. The molecule has 0 bridgehead atoms. The van der Waals surface area contributed by atoms with Gasteiger partial charge in [-0.1, -0.05) is 0 Å². The van der Waals surface area contributed by atoms with Gasteiger partial charge in [-0.05, 0) is 18.9 Å². The van der Waals surface area contributed by atoms with Crippen molar-refractivity contribution >= 4 is 11.5 Å². The zero-order chi connectivity index (χ0) is 10.1. The van der Waals surface area contributed by atoms with Crippen LogP contribution in [-0.4, -0.2) is 9.55 Å². The number of anilines is 1.